The van der Waals surface area contributed by atoms with E-state index in [4.69, 9.17) is 25.5 Å². The molecule has 0 radical (unpaired) electrons. The molecule has 3 heterocycles. The lowest BCUT2D eigenvalue weighted by Crippen LogP contribution is -2.43. The summed E-state index contributed by atoms with van der Waals surface area (Å²) >= 11 is 6.14. The highest BCUT2D eigenvalue weighted by atomic mass is 35.5. The van der Waals surface area contributed by atoms with Crippen LogP contribution in [0, 0.1) is 10.1 Å². The van der Waals surface area contributed by atoms with Crippen LogP contribution in [0.25, 0.3) is 33.5 Å². The van der Waals surface area contributed by atoms with Crippen LogP contribution in [-0.4, -0.2) is 64.5 Å². The summed E-state index contributed by atoms with van der Waals surface area (Å²) < 4.78 is 18.0. The van der Waals surface area contributed by atoms with Crippen LogP contribution in [0.15, 0.2) is 81.0 Å². The number of fused-ring (bicyclic) bond motifs is 2. The minimum absolute atomic E-state index is 0.109. The van der Waals surface area contributed by atoms with Gasteiger partial charge in [-0.2, -0.15) is 9.78 Å². The third-order valence-corrected chi connectivity index (χ3v) is 6.93. The molecule has 1 aliphatic heterocycles. The van der Waals surface area contributed by atoms with Gasteiger partial charge < -0.3 is 18.8 Å². The Kier molecular flexibility index (Phi) is 7.38. The number of aromatic nitrogens is 2. The van der Waals surface area contributed by atoms with Crippen molar-refractivity contribution in [3.8, 4) is 17.3 Å². The van der Waals surface area contributed by atoms with Crippen LogP contribution >= 0.6 is 11.6 Å². The number of nitro benzene ring substituents is 1. The van der Waals surface area contributed by atoms with Gasteiger partial charge in [0.1, 0.15) is 5.58 Å². The second-order valence-corrected chi connectivity index (χ2v) is 9.78. The molecule has 1 saturated heterocycles. The Bertz CT molecular complexity index is 1930. The summed E-state index contributed by atoms with van der Waals surface area (Å²) in [6.45, 7) is 1.20. The van der Waals surface area contributed by atoms with Crippen molar-refractivity contribution >= 4 is 51.3 Å². The van der Waals surface area contributed by atoms with Gasteiger partial charge in [0.05, 0.1) is 35.3 Å². The van der Waals surface area contributed by atoms with E-state index in [9.17, 15) is 19.7 Å². The highest BCUT2D eigenvalue weighted by Gasteiger charge is 2.23. The largest absolute Gasteiger partial charge is 0.476 e. The summed E-state index contributed by atoms with van der Waals surface area (Å²) in [5, 5.41) is 17.7. The van der Waals surface area contributed by atoms with Gasteiger partial charge in [-0.1, -0.05) is 29.8 Å². The van der Waals surface area contributed by atoms with E-state index < -0.39 is 17.1 Å². The molecule has 0 N–H and O–H groups in total. The number of benzene rings is 3. The average Bonchev–Trinajstić information content (AvgIpc) is 3.43. The molecule has 3 aromatic carbocycles. The van der Waals surface area contributed by atoms with Crippen molar-refractivity contribution in [3.63, 3.8) is 0 Å². The van der Waals surface area contributed by atoms with E-state index in [1.165, 1.54) is 24.4 Å². The molecule has 0 atom stereocenters. The Morgan fingerprint density at radius 3 is 2.74 bits per heavy atom. The van der Waals surface area contributed by atoms with Crippen molar-refractivity contribution in [2.24, 2.45) is 5.10 Å². The first-order valence-electron chi connectivity index (χ1n) is 12.9. The van der Waals surface area contributed by atoms with Crippen LogP contribution in [0.4, 0.5) is 5.69 Å². The van der Waals surface area contributed by atoms with E-state index in [-0.39, 0.29) is 34.5 Å². The summed E-state index contributed by atoms with van der Waals surface area (Å²) in [6.07, 6.45) is 1.25. The first kappa shape index (κ1) is 27.1. The van der Waals surface area contributed by atoms with Gasteiger partial charge in [0.25, 0.3) is 11.5 Å². The van der Waals surface area contributed by atoms with Crippen LogP contribution in [0.3, 0.4) is 0 Å². The average molecular weight is 588 g/mol. The Morgan fingerprint density at radius 2 is 1.93 bits per heavy atom. The van der Waals surface area contributed by atoms with Crippen molar-refractivity contribution in [3.05, 3.63) is 97.8 Å². The fourth-order valence-corrected chi connectivity index (χ4v) is 4.80. The van der Waals surface area contributed by atoms with Crippen molar-refractivity contribution in [2.75, 3.05) is 32.9 Å². The fraction of sp³-hybridized carbons (Fsp3) is 0.172. The highest BCUT2D eigenvalue weighted by molar-refractivity contribution is 6.31. The van der Waals surface area contributed by atoms with Crippen molar-refractivity contribution in [1.29, 1.82) is 0 Å². The maximum atomic E-state index is 13.6. The van der Waals surface area contributed by atoms with E-state index in [0.29, 0.717) is 53.2 Å². The minimum Gasteiger partial charge on any atom is -0.476 e. The molecule has 5 aromatic rings. The number of nitro groups is 1. The van der Waals surface area contributed by atoms with Crippen LogP contribution in [0.2, 0.25) is 5.02 Å². The molecule has 1 fully saturated rings. The molecule has 13 heteroatoms. The molecular formula is C29H22ClN5O7. The molecule has 0 unspecified atom stereocenters. The third-order valence-electron chi connectivity index (χ3n) is 6.69. The number of ether oxygens (including phenoxy) is 2. The zero-order chi connectivity index (χ0) is 29.2. The number of para-hydroxylation sites is 2. The van der Waals surface area contributed by atoms with Gasteiger partial charge >= 0.3 is 5.69 Å². The molecule has 212 valence electrons. The molecule has 42 heavy (non-hydrogen) atoms. The number of hydrogen-bond donors (Lipinski definition) is 0. The number of halogens is 1. The maximum absolute atomic E-state index is 13.6. The van der Waals surface area contributed by atoms with Crippen LogP contribution < -0.4 is 10.3 Å². The summed E-state index contributed by atoms with van der Waals surface area (Å²) in [7, 11) is 0. The van der Waals surface area contributed by atoms with E-state index in [2.05, 4.69) is 10.1 Å². The van der Waals surface area contributed by atoms with E-state index in [1.54, 1.807) is 53.4 Å². The second kappa shape index (κ2) is 11.4. The maximum Gasteiger partial charge on any atom is 0.311 e. The number of hydrogen-bond acceptors (Lipinski definition) is 9. The number of rotatable bonds is 7. The van der Waals surface area contributed by atoms with Gasteiger partial charge in [-0.15, -0.1) is 0 Å². The minimum atomic E-state index is -0.611. The normalized spacial score (nSPS) is 13.7. The number of carbonyl (C=O) groups is 1. The summed E-state index contributed by atoms with van der Waals surface area (Å²) in [6, 6.07) is 17.9. The molecule has 1 amide bonds. The van der Waals surface area contributed by atoms with Crippen LogP contribution in [0.5, 0.6) is 5.75 Å². The smallest absolute Gasteiger partial charge is 0.311 e. The lowest BCUT2D eigenvalue weighted by molar-refractivity contribution is -0.385. The fourth-order valence-electron chi connectivity index (χ4n) is 4.62. The van der Waals surface area contributed by atoms with Crippen molar-refractivity contribution < 1.29 is 23.6 Å². The lowest BCUT2D eigenvalue weighted by atomic mass is 10.2. The Balaban J connectivity index is 1.42. The zero-order valence-electron chi connectivity index (χ0n) is 21.9. The van der Waals surface area contributed by atoms with Gasteiger partial charge in [0.2, 0.25) is 11.6 Å². The summed E-state index contributed by atoms with van der Waals surface area (Å²) in [4.78, 5) is 43.7. The molecular weight excluding hydrogens is 566 g/mol. The van der Waals surface area contributed by atoms with Gasteiger partial charge in [0.15, 0.2) is 12.4 Å². The molecule has 1 aliphatic rings. The first-order valence-corrected chi connectivity index (χ1v) is 13.3. The first-order chi connectivity index (χ1) is 20.4. The van der Waals surface area contributed by atoms with Crippen molar-refractivity contribution in [2.45, 2.75) is 0 Å². The number of furan rings is 1. The Morgan fingerprint density at radius 1 is 1.12 bits per heavy atom. The topological polar surface area (TPSA) is 142 Å². The highest BCUT2D eigenvalue weighted by Crippen LogP contribution is 2.31. The van der Waals surface area contributed by atoms with Crippen LogP contribution in [0.1, 0.15) is 5.56 Å². The predicted molar refractivity (Wildman–Crippen MR) is 155 cm³/mol. The van der Waals surface area contributed by atoms with Gasteiger partial charge in [-0.3, -0.25) is 19.7 Å². The number of nitrogens with zero attached hydrogens (tertiary/aromatic N) is 5. The second-order valence-electron chi connectivity index (χ2n) is 9.34. The van der Waals surface area contributed by atoms with Crippen LogP contribution in [-0.2, 0) is 9.53 Å². The van der Waals surface area contributed by atoms with Gasteiger partial charge in [-0.25, -0.2) is 4.98 Å². The molecule has 0 aliphatic carbocycles. The number of morpholine rings is 1. The lowest BCUT2D eigenvalue weighted by Gasteiger charge is -2.26. The molecule has 12 nitrogen and oxygen atoms in total. The molecule has 2 aromatic heterocycles. The number of carbonyl (C=O) groups excluding carboxylic acids is 1. The predicted octanol–water partition coefficient (Wildman–Crippen LogP) is 4.49. The van der Waals surface area contributed by atoms with Gasteiger partial charge in [-0.05, 0) is 42.5 Å². The quantitative estimate of drug-likeness (QED) is 0.154. The zero-order valence-corrected chi connectivity index (χ0v) is 22.7. The van der Waals surface area contributed by atoms with E-state index >= 15 is 0 Å². The molecule has 6 rings (SSSR count). The standard InChI is InChI=1S/C29H22ClN5O7/c30-20-8-9-24-19(14-20)15-25(42-24)28-32-22-6-2-1-5-21(22)29(37)34(28)31-16-18-4-3-7-23(35(38)39)27(18)41-17-26(36)33-10-12-40-13-11-33/h1-9,14-16H,10-13,17H2. The Labute approximate surface area is 242 Å². The summed E-state index contributed by atoms with van der Waals surface area (Å²) in [5.74, 6) is -0.118. The van der Waals surface area contributed by atoms with E-state index in [1.807, 2.05) is 0 Å². The van der Waals surface area contributed by atoms with E-state index in [0.717, 1.165) is 4.68 Å². The summed E-state index contributed by atoms with van der Waals surface area (Å²) in [5.41, 5.74) is 0.310. The third kappa shape index (κ3) is 5.32. The number of amides is 1. The molecule has 0 spiro atoms. The molecule has 0 saturated carbocycles. The monoisotopic (exact) mass is 587 g/mol. The van der Waals surface area contributed by atoms with Crippen molar-refractivity contribution in [1.82, 2.24) is 14.6 Å². The Hall–Kier alpha value is -5.07. The SMILES string of the molecule is O=C(COc1c(C=Nn2c(-c3cc4cc(Cl)ccc4o3)nc3ccccc3c2=O)cccc1[N+](=O)[O-])N1CCOCC1. The molecule has 0 bridgehead atoms. The van der Waals surface area contributed by atoms with Gasteiger partial charge in [0, 0.05) is 35.1 Å².